The number of carbonyl (C=O) groups is 1. The molecule has 1 N–H and O–H groups in total. The van der Waals surface area contributed by atoms with Crippen LogP contribution in [-0.4, -0.2) is 22.1 Å². The molecule has 0 saturated carbocycles. The Morgan fingerprint density at radius 1 is 1.28 bits per heavy atom. The quantitative estimate of drug-likeness (QED) is 0.816. The largest absolute Gasteiger partial charge is 0.494 e. The maximum absolute atomic E-state index is 12.5. The SMILES string of the molecule is CCc1ccc(OCC(=O)c2c(C)c(C#N)c(=O)n(CC)c2O)cc1. The van der Waals surface area contributed by atoms with Gasteiger partial charge in [-0.25, -0.2) is 0 Å². The van der Waals surface area contributed by atoms with E-state index in [0.717, 1.165) is 16.6 Å². The van der Waals surface area contributed by atoms with E-state index in [4.69, 9.17) is 4.74 Å². The van der Waals surface area contributed by atoms with E-state index in [-0.39, 0.29) is 29.8 Å². The van der Waals surface area contributed by atoms with Gasteiger partial charge in [0.15, 0.2) is 6.61 Å². The molecule has 0 amide bonds. The molecule has 2 aromatic rings. The predicted molar refractivity (Wildman–Crippen MR) is 93.1 cm³/mol. The summed E-state index contributed by atoms with van der Waals surface area (Å²) in [4.78, 5) is 24.6. The lowest BCUT2D eigenvalue weighted by molar-refractivity contribution is 0.0916. The molecule has 0 radical (unpaired) electrons. The number of hydrogen-bond acceptors (Lipinski definition) is 5. The number of nitrogens with zero attached hydrogens (tertiary/aromatic N) is 2. The summed E-state index contributed by atoms with van der Waals surface area (Å²) in [5.74, 6) is -0.390. The minimum Gasteiger partial charge on any atom is -0.494 e. The number of ketones is 1. The molecule has 1 aromatic carbocycles. The third-order valence-electron chi connectivity index (χ3n) is 4.10. The molecule has 0 aliphatic carbocycles. The first-order chi connectivity index (χ1) is 11.9. The number of aromatic nitrogens is 1. The summed E-state index contributed by atoms with van der Waals surface area (Å²) >= 11 is 0. The Morgan fingerprint density at radius 2 is 1.92 bits per heavy atom. The van der Waals surface area contributed by atoms with Gasteiger partial charge in [0.2, 0.25) is 11.7 Å². The molecule has 0 unspecified atom stereocenters. The first kappa shape index (κ1) is 18.3. The van der Waals surface area contributed by atoms with Gasteiger partial charge in [-0.15, -0.1) is 0 Å². The summed E-state index contributed by atoms with van der Waals surface area (Å²) < 4.78 is 6.49. The lowest BCUT2D eigenvalue weighted by atomic mass is 10.0. The summed E-state index contributed by atoms with van der Waals surface area (Å²) in [6.45, 7) is 5.02. The molecular weight excluding hydrogens is 320 g/mol. The van der Waals surface area contributed by atoms with E-state index in [9.17, 15) is 20.0 Å². The zero-order valence-electron chi connectivity index (χ0n) is 14.5. The number of aryl methyl sites for hydroxylation is 1. The van der Waals surface area contributed by atoms with Crippen molar-refractivity contribution in [2.45, 2.75) is 33.7 Å². The lowest BCUT2D eigenvalue weighted by Gasteiger charge is -2.14. The Bertz CT molecular complexity index is 890. The fourth-order valence-electron chi connectivity index (χ4n) is 2.62. The highest BCUT2D eigenvalue weighted by atomic mass is 16.5. The Labute approximate surface area is 145 Å². The van der Waals surface area contributed by atoms with Gasteiger partial charge < -0.3 is 9.84 Å². The number of rotatable bonds is 6. The number of pyridine rings is 1. The second-order valence-electron chi connectivity index (χ2n) is 5.57. The summed E-state index contributed by atoms with van der Waals surface area (Å²) in [6.07, 6.45) is 0.905. The van der Waals surface area contributed by atoms with Crippen LogP contribution in [0.3, 0.4) is 0 Å². The molecule has 0 spiro atoms. The van der Waals surface area contributed by atoms with E-state index in [2.05, 4.69) is 0 Å². The van der Waals surface area contributed by atoms with Crippen LogP contribution in [-0.2, 0) is 13.0 Å². The normalized spacial score (nSPS) is 10.3. The number of benzene rings is 1. The highest BCUT2D eigenvalue weighted by Gasteiger charge is 2.23. The summed E-state index contributed by atoms with van der Waals surface area (Å²) in [5, 5.41) is 19.5. The van der Waals surface area contributed by atoms with E-state index in [1.165, 1.54) is 6.92 Å². The predicted octanol–water partition coefficient (Wildman–Crippen LogP) is 2.58. The van der Waals surface area contributed by atoms with Crippen LogP contribution in [0.25, 0.3) is 0 Å². The molecule has 0 bridgehead atoms. The monoisotopic (exact) mass is 340 g/mol. The topological polar surface area (TPSA) is 92.3 Å². The Hall–Kier alpha value is -3.07. The fraction of sp³-hybridized carbons (Fsp3) is 0.316. The van der Waals surface area contributed by atoms with Crippen LogP contribution in [0.2, 0.25) is 0 Å². The molecule has 6 nitrogen and oxygen atoms in total. The summed E-state index contributed by atoms with van der Waals surface area (Å²) in [6, 6.07) is 9.17. The minimum absolute atomic E-state index is 0.0526. The Balaban J connectivity index is 2.32. The zero-order valence-corrected chi connectivity index (χ0v) is 14.5. The molecule has 2 rings (SSSR count). The van der Waals surface area contributed by atoms with Gasteiger partial charge in [-0.2, -0.15) is 5.26 Å². The van der Waals surface area contributed by atoms with E-state index >= 15 is 0 Å². The summed E-state index contributed by atoms with van der Waals surface area (Å²) in [5.41, 5.74) is 0.525. The number of Topliss-reactive ketones (excluding diaryl/α,β-unsaturated/α-hetero) is 1. The van der Waals surface area contributed by atoms with E-state index in [0.29, 0.717) is 5.75 Å². The standard InChI is InChI=1S/C19H20N2O4/c1-4-13-6-8-14(9-7-13)25-11-16(22)17-12(3)15(10-20)18(23)21(5-2)19(17)24/h6-9,24H,4-5,11H2,1-3H3. The molecule has 0 fully saturated rings. The second kappa shape index (κ2) is 7.67. The molecular formula is C19H20N2O4. The van der Waals surface area contributed by atoms with Crippen molar-refractivity contribution in [2.75, 3.05) is 6.61 Å². The first-order valence-corrected chi connectivity index (χ1v) is 8.05. The van der Waals surface area contributed by atoms with E-state index in [1.54, 1.807) is 19.1 Å². The van der Waals surface area contributed by atoms with Gasteiger partial charge in [-0.1, -0.05) is 19.1 Å². The average Bonchev–Trinajstić information content (AvgIpc) is 2.61. The number of hydrogen-bond donors (Lipinski definition) is 1. The summed E-state index contributed by atoms with van der Waals surface area (Å²) in [7, 11) is 0. The number of carbonyl (C=O) groups excluding carboxylic acids is 1. The smallest absolute Gasteiger partial charge is 0.271 e. The third-order valence-corrected chi connectivity index (χ3v) is 4.10. The van der Waals surface area contributed by atoms with Crippen molar-refractivity contribution in [1.29, 1.82) is 5.26 Å². The van der Waals surface area contributed by atoms with Crippen molar-refractivity contribution in [3.63, 3.8) is 0 Å². The van der Waals surface area contributed by atoms with E-state index in [1.807, 2.05) is 25.1 Å². The van der Waals surface area contributed by atoms with Crippen molar-refractivity contribution in [2.24, 2.45) is 0 Å². The van der Waals surface area contributed by atoms with Gasteiger partial charge in [0.1, 0.15) is 17.4 Å². The van der Waals surface area contributed by atoms with Crippen molar-refractivity contribution in [3.8, 4) is 17.7 Å². The van der Waals surface area contributed by atoms with Crippen molar-refractivity contribution in [3.05, 3.63) is 56.9 Å². The third kappa shape index (κ3) is 3.56. The Kier molecular flexibility index (Phi) is 5.60. The van der Waals surface area contributed by atoms with Crippen molar-refractivity contribution >= 4 is 5.78 Å². The van der Waals surface area contributed by atoms with Crippen LogP contribution in [0.15, 0.2) is 29.1 Å². The van der Waals surface area contributed by atoms with Crippen LogP contribution in [0, 0.1) is 18.3 Å². The zero-order chi connectivity index (χ0) is 18.6. The molecule has 0 aliphatic rings. The van der Waals surface area contributed by atoms with Gasteiger partial charge in [0.05, 0.1) is 5.56 Å². The minimum atomic E-state index is -0.604. The highest BCUT2D eigenvalue weighted by molar-refractivity contribution is 6.01. The van der Waals surface area contributed by atoms with E-state index < -0.39 is 17.2 Å². The highest BCUT2D eigenvalue weighted by Crippen LogP contribution is 2.23. The maximum Gasteiger partial charge on any atom is 0.271 e. The molecule has 0 aliphatic heterocycles. The van der Waals surface area contributed by atoms with Gasteiger partial charge in [-0.3, -0.25) is 14.2 Å². The molecule has 1 heterocycles. The van der Waals surface area contributed by atoms with Crippen molar-refractivity contribution < 1.29 is 14.6 Å². The second-order valence-corrected chi connectivity index (χ2v) is 5.57. The van der Waals surface area contributed by atoms with Gasteiger partial charge >= 0.3 is 0 Å². The Morgan fingerprint density at radius 3 is 2.44 bits per heavy atom. The molecule has 25 heavy (non-hydrogen) atoms. The number of aromatic hydroxyl groups is 1. The van der Waals surface area contributed by atoms with Gasteiger partial charge in [0.25, 0.3) is 5.56 Å². The lowest BCUT2D eigenvalue weighted by Crippen LogP contribution is -2.27. The number of nitriles is 1. The average molecular weight is 340 g/mol. The fourth-order valence-corrected chi connectivity index (χ4v) is 2.62. The van der Waals surface area contributed by atoms with Crippen LogP contribution < -0.4 is 10.3 Å². The van der Waals surface area contributed by atoms with Crippen LogP contribution in [0.5, 0.6) is 11.6 Å². The molecule has 1 aromatic heterocycles. The molecule has 6 heteroatoms. The molecule has 0 saturated heterocycles. The molecule has 0 atom stereocenters. The van der Waals surface area contributed by atoms with Crippen LogP contribution >= 0.6 is 0 Å². The van der Waals surface area contributed by atoms with Crippen LogP contribution in [0.1, 0.15) is 40.9 Å². The van der Waals surface area contributed by atoms with Crippen molar-refractivity contribution in [1.82, 2.24) is 4.57 Å². The maximum atomic E-state index is 12.5. The molecule has 130 valence electrons. The van der Waals surface area contributed by atoms with Gasteiger partial charge in [0, 0.05) is 6.54 Å². The number of ether oxygens (including phenoxy) is 1. The first-order valence-electron chi connectivity index (χ1n) is 8.05. The van der Waals surface area contributed by atoms with Crippen LogP contribution in [0.4, 0.5) is 0 Å². The van der Waals surface area contributed by atoms with Gasteiger partial charge in [-0.05, 0) is 43.5 Å².